The second-order valence-corrected chi connectivity index (χ2v) is 3.91. The van der Waals surface area contributed by atoms with Crippen LogP contribution in [0.1, 0.15) is 10.4 Å². The van der Waals surface area contributed by atoms with Gasteiger partial charge in [0.25, 0.3) is 5.91 Å². The van der Waals surface area contributed by atoms with Gasteiger partial charge in [-0.3, -0.25) is 4.79 Å². The third-order valence-electron chi connectivity index (χ3n) is 2.51. The number of aromatic hydroxyl groups is 2. The number of aliphatic hydroxyl groups is 3. The van der Waals surface area contributed by atoms with Gasteiger partial charge in [0.05, 0.1) is 25.4 Å². The Morgan fingerprint density at radius 2 is 1.67 bits per heavy atom. The molecule has 100 valence electrons. The van der Waals surface area contributed by atoms with E-state index in [0.29, 0.717) is 0 Å². The van der Waals surface area contributed by atoms with Crippen molar-refractivity contribution in [2.75, 3.05) is 19.8 Å². The molecule has 0 aliphatic heterocycles. The van der Waals surface area contributed by atoms with Crippen molar-refractivity contribution in [1.29, 1.82) is 0 Å². The van der Waals surface area contributed by atoms with E-state index in [-0.39, 0.29) is 17.1 Å². The van der Waals surface area contributed by atoms with Crippen molar-refractivity contribution in [3.63, 3.8) is 0 Å². The number of amides is 1. The molecule has 0 fully saturated rings. The zero-order valence-corrected chi connectivity index (χ0v) is 9.50. The van der Waals surface area contributed by atoms with Gasteiger partial charge in [0.1, 0.15) is 17.0 Å². The van der Waals surface area contributed by atoms with Crippen LogP contribution in [0.15, 0.2) is 18.2 Å². The van der Waals surface area contributed by atoms with E-state index in [4.69, 9.17) is 15.3 Å². The molecule has 0 atom stereocenters. The average Bonchev–Trinajstić information content (AvgIpc) is 2.38. The van der Waals surface area contributed by atoms with Crippen LogP contribution in [0.2, 0.25) is 0 Å². The zero-order valence-electron chi connectivity index (χ0n) is 9.50. The highest BCUT2D eigenvalue weighted by molar-refractivity contribution is 5.97. The predicted octanol–water partition coefficient (Wildman–Crippen LogP) is -1.46. The van der Waals surface area contributed by atoms with E-state index in [1.165, 1.54) is 6.07 Å². The summed E-state index contributed by atoms with van der Waals surface area (Å²) >= 11 is 0. The molecule has 7 heteroatoms. The molecule has 1 aromatic rings. The van der Waals surface area contributed by atoms with Crippen molar-refractivity contribution < 1.29 is 30.3 Å². The third kappa shape index (κ3) is 2.89. The number of phenols is 2. The number of hydrogen-bond acceptors (Lipinski definition) is 6. The first-order chi connectivity index (χ1) is 8.48. The number of benzene rings is 1. The molecule has 0 heterocycles. The number of hydrogen-bond donors (Lipinski definition) is 6. The first-order valence-corrected chi connectivity index (χ1v) is 5.15. The van der Waals surface area contributed by atoms with Crippen LogP contribution in [-0.4, -0.2) is 56.8 Å². The van der Waals surface area contributed by atoms with Gasteiger partial charge in [0.15, 0.2) is 0 Å². The second-order valence-electron chi connectivity index (χ2n) is 3.91. The largest absolute Gasteiger partial charge is 0.508 e. The molecule has 6 N–H and O–H groups in total. The summed E-state index contributed by atoms with van der Waals surface area (Å²) in [5, 5.41) is 48.0. The SMILES string of the molecule is O=C(NC(CO)(CO)CO)c1cc(O)ccc1O. The maximum absolute atomic E-state index is 11.8. The van der Waals surface area contributed by atoms with Crippen molar-refractivity contribution in [2.24, 2.45) is 0 Å². The fourth-order valence-corrected chi connectivity index (χ4v) is 1.28. The smallest absolute Gasteiger partial charge is 0.255 e. The van der Waals surface area contributed by atoms with Crippen LogP contribution < -0.4 is 5.32 Å². The van der Waals surface area contributed by atoms with Crippen molar-refractivity contribution in [3.8, 4) is 11.5 Å². The minimum atomic E-state index is -1.59. The molecule has 0 saturated heterocycles. The fraction of sp³-hybridized carbons (Fsp3) is 0.364. The summed E-state index contributed by atoms with van der Waals surface area (Å²) in [7, 11) is 0. The molecule has 1 aromatic carbocycles. The monoisotopic (exact) mass is 257 g/mol. The van der Waals surface area contributed by atoms with Gasteiger partial charge in [-0.2, -0.15) is 0 Å². The van der Waals surface area contributed by atoms with E-state index < -0.39 is 31.3 Å². The molecule has 1 amide bonds. The highest BCUT2D eigenvalue weighted by atomic mass is 16.3. The van der Waals surface area contributed by atoms with E-state index in [0.717, 1.165) is 12.1 Å². The van der Waals surface area contributed by atoms with Gasteiger partial charge in [0.2, 0.25) is 0 Å². The molecule has 0 aromatic heterocycles. The lowest BCUT2D eigenvalue weighted by atomic mass is 10.0. The van der Waals surface area contributed by atoms with Crippen LogP contribution in [0.5, 0.6) is 11.5 Å². The van der Waals surface area contributed by atoms with Crippen LogP contribution in [-0.2, 0) is 0 Å². The van der Waals surface area contributed by atoms with Crippen molar-refractivity contribution in [2.45, 2.75) is 5.54 Å². The molecular formula is C11H15NO6. The summed E-state index contributed by atoms with van der Waals surface area (Å²) in [6.07, 6.45) is 0. The molecule has 7 nitrogen and oxygen atoms in total. The minimum Gasteiger partial charge on any atom is -0.508 e. The maximum atomic E-state index is 11.8. The summed E-state index contributed by atoms with van der Waals surface area (Å²) < 4.78 is 0. The van der Waals surface area contributed by atoms with E-state index in [1.54, 1.807) is 0 Å². The first-order valence-electron chi connectivity index (χ1n) is 5.15. The lowest BCUT2D eigenvalue weighted by molar-refractivity contribution is 0.0374. The maximum Gasteiger partial charge on any atom is 0.255 e. The number of nitrogens with one attached hydrogen (secondary N) is 1. The van der Waals surface area contributed by atoms with Gasteiger partial charge >= 0.3 is 0 Å². The van der Waals surface area contributed by atoms with Gasteiger partial charge in [-0.15, -0.1) is 0 Å². The molecule has 0 aliphatic carbocycles. The number of rotatable bonds is 5. The van der Waals surface area contributed by atoms with Crippen LogP contribution in [0.4, 0.5) is 0 Å². The Hall–Kier alpha value is -1.83. The summed E-state index contributed by atoms with van der Waals surface area (Å²) in [6, 6.07) is 3.35. The van der Waals surface area contributed by atoms with Crippen LogP contribution in [0.25, 0.3) is 0 Å². The van der Waals surface area contributed by atoms with Gasteiger partial charge in [-0.25, -0.2) is 0 Å². The fourth-order valence-electron chi connectivity index (χ4n) is 1.28. The van der Waals surface area contributed by atoms with Gasteiger partial charge < -0.3 is 30.8 Å². The molecule has 18 heavy (non-hydrogen) atoms. The summed E-state index contributed by atoms with van der Waals surface area (Å²) in [5.74, 6) is -1.42. The highest BCUT2D eigenvalue weighted by Gasteiger charge is 2.31. The average molecular weight is 257 g/mol. The lowest BCUT2D eigenvalue weighted by Crippen LogP contribution is -2.57. The zero-order chi connectivity index (χ0) is 13.8. The molecule has 0 unspecified atom stereocenters. The minimum absolute atomic E-state index is 0.222. The van der Waals surface area contributed by atoms with E-state index in [9.17, 15) is 15.0 Å². The molecule has 0 bridgehead atoms. The number of phenolic OH excluding ortho intramolecular Hbond substituents is 2. The quantitative estimate of drug-likeness (QED) is 0.358. The predicted molar refractivity (Wildman–Crippen MR) is 61.2 cm³/mol. The third-order valence-corrected chi connectivity index (χ3v) is 2.51. The number of carbonyl (C=O) groups is 1. The van der Waals surface area contributed by atoms with E-state index >= 15 is 0 Å². The molecule has 0 aliphatic rings. The van der Waals surface area contributed by atoms with Crippen molar-refractivity contribution in [1.82, 2.24) is 5.32 Å². The van der Waals surface area contributed by atoms with Gasteiger partial charge in [-0.1, -0.05) is 0 Å². The Bertz CT molecular complexity index is 421. The summed E-state index contributed by atoms with van der Waals surface area (Å²) in [4.78, 5) is 11.8. The Kier molecular flexibility index (Phi) is 4.49. The number of carbonyl (C=O) groups excluding carboxylic acids is 1. The molecule has 0 radical (unpaired) electrons. The molecule has 0 saturated carbocycles. The topological polar surface area (TPSA) is 130 Å². The highest BCUT2D eigenvalue weighted by Crippen LogP contribution is 2.22. The van der Waals surface area contributed by atoms with Gasteiger partial charge in [0, 0.05) is 0 Å². The summed E-state index contributed by atoms with van der Waals surface area (Å²) in [5.41, 5.74) is -1.82. The van der Waals surface area contributed by atoms with Gasteiger partial charge in [-0.05, 0) is 18.2 Å². The first kappa shape index (κ1) is 14.2. The number of aliphatic hydroxyl groups excluding tert-OH is 3. The summed E-state index contributed by atoms with van der Waals surface area (Å²) in [6.45, 7) is -2.03. The Labute approximate surface area is 103 Å². The molecule has 0 spiro atoms. The Morgan fingerprint density at radius 3 is 2.17 bits per heavy atom. The normalized spacial score (nSPS) is 11.3. The van der Waals surface area contributed by atoms with Crippen molar-refractivity contribution >= 4 is 5.91 Å². The van der Waals surface area contributed by atoms with Crippen LogP contribution in [0, 0.1) is 0 Å². The molecule has 1 rings (SSSR count). The Morgan fingerprint density at radius 1 is 1.11 bits per heavy atom. The Balaban J connectivity index is 2.97. The lowest BCUT2D eigenvalue weighted by Gasteiger charge is -2.28. The van der Waals surface area contributed by atoms with Crippen LogP contribution in [0.3, 0.4) is 0 Å². The van der Waals surface area contributed by atoms with Crippen molar-refractivity contribution in [3.05, 3.63) is 23.8 Å². The van der Waals surface area contributed by atoms with Crippen LogP contribution >= 0.6 is 0 Å². The van der Waals surface area contributed by atoms with E-state index in [1.807, 2.05) is 0 Å². The second kappa shape index (κ2) is 5.67. The molecular weight excluding hydrogens is 242 g/mol. The standard InChI is InChI=1S/C11H15NO6/c13-4-11(5-14,6-15)12-10(18)8-3-7(16)1-2-9(8)17/h1-3,13-17H,4-6H2,(H,12,18). The van der Waals surface area contributed by atoms with E-state index in [2.05, 4.69) is 5.32 Å².